The van der Waals surface area contributed by atoms with E-state index in [1.54, 1.807) is 24.3 Å². The first kappa shape index (κ1) is 21.3. The highest BCUT2D eigenvalue weighted by molar-refractivity contribution is 7.91. The summed E-state index contributed by atoms with van der Waals surface area (Å²) in [6.07, 6.45) is 1.65. The monoisotopic (exact) mass is 417 g/mol. The zero-order valence-corrected chi connectivity index (χ0v) is 17.6. The van der Waals surface area contributed by atoms with Gasteiger partial charge in [-0.3, -0.25) is 4.79 Å². The van der Waals surface area contributed by atoms with Crippen LogP contribution in [0.3, 0.4) is 0 Å². The molecule has 1 aromatic heterocycles. The van der Waals surface area contributed by atoms with Gasteiger partial charge in [0.2, 0.25) is 5.91 Å². The first-order valence-electron chi connectivity index (χ1n) is 9.71. The number of anilines is 1. The van der Waals surface area contributed by atoms with Gasteiger partial charge in [0.1, 0.15) is 11.6 Å². The van der Waals surface area contributed by atoms with E-state index in [-0.39, 0.29) is 22.5 Å². The van der Waals surface area contributed by atoms with Crippen LogP contribution in [0.25, 0.3) is 0 Å². The lowest BCUT2D eigenvalue weighted by molar-refractivity contribution is -0.121. The van der Waals surface area contributed by atoms with Crippen molar-refractivity contribution in [3.63, 3.8) is 0 Å². The molecular weight excluding hydrogens is 390 g/mol. The van der Waals surface area contributed by atoms with Crippen molar-refractivity contribution < 1.29 is 17.9 Å². The molecule has 0 spiro atoms. The largest absolute Gasteiger partial charge is 0.497 e. The molecule has 0 bridgehead atoms. The van der Waals surface area contributed by atoms with E-state index in [9.17, 15) is 13.2 Å². The van der Waals surface area contributed by atoms with Crippen LogP contribution in [0.2, 0.25) is 0 Å². The number of hydrogen-bond acceptors (Lipinski definition) is 6. The number of pyridine rings is 1. The SMILES string of the molecule is COc1cccc(S(=O)(=O)CCN2CCCC(C(=O)Nc3cccc(C)n3)C2)c1. The molecule has 7 nitrogen and oxygen atoms in total. The second-order valence-electron chi connectivity index (χ2n) is 7.29. The minimum atomic E-state index is -3.42. The summed E-state index contributed by atoms with van der Waals surface area (Å²) in [5.41, 5.74) is 0.843. The molecule has 0 aliphatic carbocycles. The predicted octanol–water partition coefficient (Wildman–Crippen LogP) is 2.52. The molecule has 1 amide bonds. The molecule has 0 radical (unpaired) electrons. The number of methoxy groups -OCH3 is 1. The third kappa shape index (κ3) is 5.77. The molecule has 29 heavy (non-hydrogen) atoms. The first-order valence-corrected chi connectivity index (χ1v) is 11.4. The summed E-state index contributed by atoms with van der Waals surface area (Å²) < 4.78 is 30.4. The second kappa shape index (κ2) is 9.37. The zero-order chi connectivity index (χ0) is 20.9. The highest BCUT2D eigenvalue weighted by atomic mass is 32.2. The van der Waals surface area contributed by atoms with Crippen LogP contribution in [0.5, 0.6) is 5.75 Å². The molecule has 2 aromatic rings. The van der Waals surface area contributed by atoms with Gasteiger partial charge in [-0.1, -0.05) is 12.1 Å². The summed E-state index contributed by atoms with van der Waals surface area (Å²) in [6, 6.07) is 12.0. The van der Waals surface area contributed by atoms with Gasteiger partial charge in [-0.2, -0.15) is 0 Å². The predicted molar refractivity (Wildman–Crippen MR) is 112 cm³/mol. The Kier molecular flexibility index (Phi) is 6.87. The van der Waals surface area contributed by atoms with Gasteiger partial charge in [0.25, 0.3) is 0 Å². The van der Waals surface area contributed by atoms with E-state index in [4.69, 9.17) is 4.74 Å². The first-order chi connectivity index (χ1) is 13.9. The summed E-state index contributed by atoms with van der Waals surface area (Å²) >= 11 is 0. The lowest BCUT2D eigenvalue weighted by atomic mass is 9.97. The summed E-state index contributed by atoms with van der Waals surface area (Å²) in [6.45, 7) is 3.61. The molecule has 1 aromatic carbocycles. The van der Waals surface area contributed by atoms with Gasteiger partial charge in [-0.05, 0) is 56.6 Å². The molecular formula is C21H27N3O4S. The molecule has 1 fully saturated rings. The number of benzene rings is 1. The van der Waals surface area contributed by atoms with E-state index in [0.717, 1.165) is 25.1 Å². The van der Waals surface area contributed by atoms with Crippen molar-refractivity contribution in [2.45, 2.75) is 24.7 Å². The standard InChI is InChI=1S/C21H27N3O4S/c1-16-6-3-10-20(22-16)23-21(25)17-7-5-11-24(15-17)12-13-29(26,27)19-9-4-8-18(14-19)28-2/h3-4,6,8-10,14,17H,5,7,11-13,15H2,1-2H3,(H,22,23,25). The lowest BCUT2D eigenvalue weighted by Crippen LogP contribution is -2.42. The fourth-order valence-electron chi connectivity index (χ4n) is 3.48. The normalized spacial score (nSPS) is 17.7. The molecule has 8 heteroatoms. The Morgan fingerprint density at radius 3 is 2.83 bits per heavy atom. The topological polar surface area (TPSA) is 88.6 Å². The van der Waals surface area contributed by atoms with Crippen molar-refractivity contribution in [1.29, 1.82) is 0 Å². The Labute approximate surface area is 172 Å². The minimum absolute atomic E-state index is 0.00788. The van der Waals surface area contributed by atoms with Crippen molar-refractivity contribution in [2.75, 3.05) is 37.8 Å². The number of ether oxygens (including phenoxy) is 1. The average Bonchev–Trinajstić information content (AvgIpc) is 2.72. The van der Waals surface area contributed by atoms with E-state index in [1.165, 1.54) is 13.2 Å². The average molecular weight is 418 g/mol. The number of nitrogens with zero attached hydrogens (tertiary/aromatic N) is 2. The lowest BCUT2D eigenvalue weighted by Gasteiger charge is -2.31. The maximum atomic E-state index is 12.7. The van der Waals surface area contributed by atoms with Crippen LogP contribution >= 0.6 is 0 Å². The number of amides is 1. The quantitative estimate of drug-likeness (QED) is 0.745. The maximum absolute atomic E-state index is 12.7. The number of aromatic nitrogens is 1. The van der Waals surface area contributed by atoms with E-state index < -0.39 is 9.84 Å². The zero-order valence-electron chi connectivity index (χ0n) is 16.8. The Balaban J connectivity index is 1.57. The van der Waals surface area contributed by atoms with Gasteiger partial charge in [-0.25, -0.2) is 13.4 Å². The van der Waals surface area contributed by atoms with Crippen molar-refractivity contribution in [3.8, 4) is 5.75 Å². The highest BCUT2D eigenvalue weighted by Gasteiger charge is 2.27. The number of nitrogens with one attached hydrogen (secondary N) is 1. The van der Waals surface area contributed by atoms with Gasteiger partial charge in [-0.15, -0.1) is 0 Å². The molecule has 1 aliphatic rings. The Morgan fingerprint density at radius 1 is 1.28 bits per heavy atom. The van der Waals surface area contributed by atoms with Crippen LogP contribution in [0, 0.1) is 12.8 Å². The van der Waals surface area contributed by atoms with E-state index in [1.807, 2.05) is 19.1 Å². The van der Waals surface area contributed by atoms with E-state index in [0.29, 0.717) is 24.7 Å². The number of carbonyl (C=O) groups excluding carboxylic acids is 1. The van der Waals surface area contributed by atoms with E-state index >= 15 is 0 Å². The van der Waals surface area contributed by atoms with Gasteiger partial charge in [0.05, 0.1) is 23.7 Å². The van der Waals surface area contributed by atoms with Crippen LogP contribution in [-0.4, -0.2) is 56.7 Å². The Bertz CT molecular complexity index is 962. The van der Waals surface area contributed by atoms with Gasteiger partial charge in [0, 0.05) is 18.8 Å². The third-order valence-electron chi connectivity index (χ3n) is 5.09. The van der Waals surface area contributed by atoms with Crippen LogP contribution in [0.1, 0.15) is 18.5 Å². The number of hydrogen-bond donors (Lipinski definition) is 1. The van der Waals surface area contributed by atoms with Crippen molar-refractivity contribution >= 4 is 21.6 Å². The van der Waals surface area contributed by atoms with Crippen LogP contribution in [0.15, 0.2) is 47.4 Å². The van der Waals surface area contributed by atoms with Crippen LogP contribution in [-0.2, 0) is 14.6 Å². The van der Waals surface area contributed by atoms with Crippen molar-refractivity contribution in [3.05, 3.63) is 48.2 Å². The summed E-state index contributed by atoms with van der Waals surface area (Å²) in [5.74, 6) is 0.834. The van der Waals surface area contributed by atoms with Crippen molar-refractivity contribution in [1.82, 2.24) is 9.88 Å². The molecule has 3 rings (SSSR count). The van der Waals surface area contributed by atoms with Gasteiger partial charge in [0.15, 0.2) is 9.84 Å². The number of rotatable bonds is 7. The minimum Gasteiger partial charge on any atom is -0.497 e. The Morgan fingerprint density at radius 2 is 2.07 bits per heavy atom. The molecule has 1 N–H and O–H groups in total. The number of aryl methyl sites for hydroxylation is 1. The fourth-order valence-corrected chi connectivity index (χ4v) is 4.79. The van der Waals surface area contributed by atoms with E-state index in [2.05, 4.69) is 15.2 Å². The van der Waals surface area contributed by atoms with Crippen LogP contribution in [0.4, 0.5) is 5.82 Å². The molecule has 1 unspecified atom stereocenters. The molecule has 0 saturated carbocycles. The number of likely N-dealkylation sites (tertiary alicyclic amines) is 1. The smallest absolute Gasteiger partial charge is 0.229 e. The molecule has 1 saturated heterocycles. The molecule has 2 heterocycles. The van der Waals surface area contributed by atoms with Gasteiger partial charge >= 0.3 is 0 Å². The number of sulfone groups is 1. The number of piperidine rings is 1. The van der Waals surface area contributed by atoms with Crippen LogP contribution < -0.4 is 10.1 Å². The fraction of sp³-hybridized carbons (Fsp3) is 0.429. The maximum Gasteiger partial charge on any atom is 0.229 e. The van der Waals surface area contributed by atoms with Crippen molar-refractivity contribution in [2.24, 2.45) is 5.92 Å². The molecule has 1 atom stereocenters. The Hall–Kier alpha value is -2.45. The molecule has 1 aliphatic heterocycles. The third-order valence-corrected chi connectivity index (χ3v) is 6.78. The summed E-state index contributed by atoms with van der Waals surface area (Å²) in [7, 11) is -1.90. The summed E-state index contributed by atoms with van der Waals surface area (Å²) in [5, 5.41) is 2.88. The summed E-state index contributed by atoms with van der Waals surface area (Å²) in [4.78, 5) is 19.2. The number of carbonyl (C=O) groups is 1. The van der Waals surface area contributed by atoms with Gasteiger partial charge < -0.3 is 15.0 Å². The highest BCUT2D eigenvalue weighted by Crippen LogP contribution is 2.21. The molecule has 156 valence electrons. The second-order valence-corrected chi connectivity index (χ2v) is 9.40.